The Morgan fingerprint density at radius 3 is 2.61 bits per heavy atom. The molecule has 28 heavy (non-hydrogen) atoms. The van der Waals surface area contributed by atoms with Gasteiger partial charge in [-0.2, -0.15) is 0 Å². The van der Waals surface area contributed by atoms with Gasteiger partial charge in [-0.05, 0) is 74.0 Å². The number of nitrogens with one attached hydrogen (secondary N) is 2. The van der Waals surface area contributed by atoms with Crippen molar-refractivity contribution in [1.82, 2.24) is 10.6 Å². The molecule has 2 aliphatic rings. The number of carbonyl (C=O) groups excluding carboxylic acids is 1. The van der Waals surface area contributed by atoms with Gasteiger partial charge in [0.25, 0.3) is 0 Å². The maximum atomic E-state index is 12.9. The zero-order chi connectivity index (χ0) is 19.6. The van der Waals surface area contributed by atoms with Crippen LogP contribution in [0.5, 0.6) is 0 Å². The smallest absolute Gasteiger partial charge is 0.237 e. The number of hydrogen-bond donors (Lipinski definition) is 2. The van der Waals surface area contributed by atoms with Gasteiger partial charge in [0.05, 0.1) is 15.8 Å². The van der Waals surface area contributed by atoms with Crippen LogP contribution in [0.4, 0.5) is 0 Å². The maximum Gasteiger partial charge on any atom is 0.237 e. The lowest BCUT2D eigenvalue weighted by Crippen LogP contribution is -2.42. The van der Waals surface area contributed by atoms with Gasteiger partial charge in [-0.25, -0.2) is 8.42 Å². The first kappa shape index (κ1) is 19.2. The third kappa shape index (κ3) is 3.84. The first-order valence-electron chi connectivity index (χ1n) is 10.00. The molecule has 1 aliphatic heterocycles. The molecule has 1 heterocycles. The van der Waals surface area contributed by atoms with Crippen molar-refractivity contribution < 1.29 is 13.2 Å². The minimum absolute atomic E-state index is 0.0681. The van der Waals surface area contributed by atoms with E-state index in [2.05, 4.69) is 10.6 Å². The zero-order valence-corrected chi connectivity index (χ0v) is 16.7. The van der Waals surface area contributed by atoms with E-state index in [-0.39, 0.29) is 17.9 Å². The molecule has 2 aromatic carbocycles. The Balaban J connectivity index is 1.52. The molecule has 0 spiro atoms. The van der Waals surface area contributed by atoms with Gasteiger partial charge in [-0.1, -0.05) is 24.3 Å². The summed E-state index contributed by atoms with van der Waals surface area (Å²) in [6.07, 6.45) is 4.83. The predicted molar refractivity (Wildman–Crippen MR) is 108 cm³/mol. The quantitative estimate of drug-likeness (QED) is 0.812. The highest BCUT2D eigenvalue weighted by Gasteiger charge is 2.26. The van der Waals surface area contributed by atoms with Crippen molar-refractivity contribution in [3.8, 4) is 0 Å². The van der Waals surface area contributed by atoms with Crippen LogP contribution in [0.2, 0.25) is 0 Å². The highest BCUT2D eigenvalue weighted by molar-refractivity contribution is 7.91. The van der Waals surface area contributed by atoms with Crippen molar-refractivity contribution >= 4 is 15.7 Å². The molecule has 1 amide bonds. The van der Waals surface area contributed by atoms with E-state index in [1.54, 1.807) is 30.3 Å². The van der Waals surface area contributed by atoms with Crippen LogP contribution in [-0.2, 0) is 21.1 Å². The van der Waals surface area contributed by atoms with Crippen molar-refractivity contribution in [3.05, 3.63) is 59.7 Å². The summed E-state index contributed by atoms with van der Waals surface area (Å²) in [6.45, 7) is 1.51. The summed E-state index contributed by atoms with van der Waals surface area (Å²) in [5, 5.41) is 6.31. The molecule has 4 rings (SSSR count). The summed E-state index contributed by atoms with van der Waals surface area (Å²) in [6, 6.07) is 14.0. The summed E-state index contributed by atoms with van der Waals surface area (Å²) >= 11 is 0. The molecule has 0 saturated carbocycles. The fraction of sp³-hybridized carbons (Fsp3) is 0.409. The molecule has 2 aromatic rings. The minimum atomic E-state index is -3.50. The Kier molecular flexibility index (Phi) is 5.51. The Labute approximate surface area is 166 Å². The van der Waals surface area contributed by atoms with Crippen molar-refractivity contribution in [3.63, 3.8) is 0 Å². The molecular weight excluding hydrogens is 372 g/mol. The van der Waals surface area contributed by atoms with Gasteiger partial charge in [-0.3, -0.25) is 4.79 Å². The predicted octanol–water partition coefficient (Wildman–Crippen LogP) is 2.81. The lowest BCUT2D eigenvalue weighted by atomic mass is 9.83. The first-order valence-corrected chi connectivity index (χ1v) is 11.5. The van der Waals surface area contributed by atoms with E-state index in [9.17, 15) is 13.2 Å². The Bertz CT molecular complexity index is 951. The lowest BCUT2D eigenvalue weighted by molar-refractivity contribution is -0.122. The second-order valence-electron chi connectivity index (χ2n) is 7.66. The summed E-state index contributed by atoms with van der Waals surface area (Å²) in [4.78, 5) is 13.0. The average Bonchev–Trinajstić information content (AvgIpc) is 3.27. The fourth-order valence-electron chi connectivity index (χ4n) is 4.26. The lowest BCUT2D eigenvalue weighted by Gasteiger charge is -2.27. The average molecular weight is 399 g/mol. The summed E-state index contributed by atoms with van der Waals surface area (Å²) in [7, 11) is -3.50. The largest absolute Gasteiger partial charge is 0.354 e. The van der Waals surface area contributed by atoms with Crippen molar-refractivity contribution in [2.45, 2.75) is 53.9 Å². The number of hydrogen-bond acceptors (Lipinski definition) is 4. The fourth-order valence-corrected chi connectivity index (χ4v) is 5.59. The van der Waals surface area contributed by atoms with Crippen LogP contribution in [-0.4, -0.2) is 33.5 Å². The van der Waals surface area contributed by atoms with Crippen molar-refractivity contribution in [2.75, 3.05) is 13.1 Å². The monoisotopic (exact) mass is 398 g/mol. The van der Waals surface area contributed by atoms with Crippen LogP contribution in [0.1, 0.15) is 42.7 Å². The van der Waals surface area contributed by atoms with E-state index < -0.39 is 9.84 Å². The number of rotatable bonds is 5. The molecule has 1 fully saturated rings. The van der Waals surface area contributed by atoms with Crippen LogP contribution < -0.4 is 10.6 Å². The van der Waals surface area contributed by atoms with Crippen LogP contribution in [0.15, 0.2) is 58.3 Å². The van der Waals surface area contributed by atoms with Crippen LogP contribution >= 0.6 is 0 Å². The molecular formula is C22H26N2O3S. The minimum Gasteiger partial charge on any atom is -0.354 e. The van der Waals surface area contributed by atoms with Gasteiger partial charge in [0.2, 0.25) is 15.7 Å². The highest BCUT2D eigenvalue weighted by Crippen LogP contribution is 2.34. The molecule has 0 radical (unpaired) electrons. The van der Waals surface area contributed by atoms with Gasteiger partial charge < -0.3 is 10.6 Å². The van der Waals surface area contributed by atoms with E-state index in [1.165, 1.54) is 0 Å². The van der Waals surface area contributed by atoms with Gasteiger partial charge in [0, 0.05) is 12.5 Å². The van der Waals surface area contributed by atoms with Crippen molar-refractivity contribution in [2.24, 2.45) is 0 Å². The van der Waals surface area contributed by atoms with Gasteiger partial charge in [0.1, 0.15) is 0 Å². The third-order valence-electron chi connectivity index (χ3n) is 5.82. The molecule has 6 heteroatoms. The molecule has 1 unspecified atom stereocenters. The second-order valence-corrected chi connectivity index (χ2v) is 9.61. The molecule has 0 aromatic heterocycles. The number of fused-ring (bicyclic) bond motifs is 1. The zero-order valence-electron chi connectivity index (χ0n) is 15.9. The van der Waals surface area contributed by atoms with Gasteiger partial charge >= 0.3 is 0 Å². The Morgan fingerprint density at radius 2 is 1.86 bits per heavy atom. The van der Waals surface area contributed by atoms with E-state index in [4.69, 9.17) is 0 Å². The molecule has 5 nitrogen and oxygen atoms in total. The first-order chi connectivity index (χ1) is 13.6. The molecule has 1 saturated heterocycles. The van der Waals surface area contributed by atoms with Crippen LogP contribution in [0.25, 0.3) is 0 Å². The van der Waals surface area contributed by atoms with Gasteiger partial charge in [-0.15, -0.1) is 0 Å². The highest BCUT2D eigenvalue weighted by atomic mass is 32.2. The Morgan fingerprint density at radius 1 is 1.04 bits per heavy atom. The number of sulfone groups is 1. The van der Waals surface area contributed by atoms with Crippen LogP contribution in [0.3, 0.4) is 0 Å². The van der Waals surface area contributed by atoms with E-state index >= 15 is 0 Å². The molecule has 1 aliphatic carbocycles. The van der Waals surface area contributed by atoms with E-state index in [0.29, 0.717) is 16.3 Å². The number of benzene rings is 2. The number of aryl methyl sites for hydroxylation is 1. The second kappa shape index (κ2) is 8.05. The maximum absolute atomic E-state index is 12.9. The van der Waals surface area contributed by atoms with E-state index in [1.807, 2.05) is 18.2 Å². The molecule has 2 atom stereocenters. The van der Waals surface area contributed by atoms with E-state index in [0.717, 1.165) is 49.8 Å². The SMILES string of the molecule is O=C(NCC1CCCc2cc(S(=O)(=O)c3ccccc3)ccc21)[C@H]1CCCN1. The Hall–Kier alpha value is -2.18. The number of carbonyl (C=O) groups is 1. The molecule has 148 valence electrons. The standard InChI is InChI=1S/C22H26N2O3S/c25-22(21-10-5-13-23-21)24-15-17-7-4-6-16-14-19(11-12-20(16)17)28(26,27)18-8-2-1-3-9-18/h1-3,8-9,11-12,14,17,21,23H,4-7,10,13,15H2,(H,24,25)/t17?,21-/m1/s1. The topological polar surface area (TPSA) is 75.3 Å². The third-order valence-corrected chi connectivity index (χ3v) is 7.58. The summed E-state index contributed by atoms with van der Waals surface area (Å²) in [5.74, 6) is 0.315. The molecule has 2 N–H and O–H groups in total. The van der Waals surface area contributed by atoms with Crippen molar-refractivity contribution in [1.29, 1.82) is 0 Å². The molecule has 0 bridgehead atoms. The normalized spacial score (nSPS) is 21.9. The van der Waals surface area contributed by atoms with Crippen LogP contribution in [0, 0.1) is 0 Å². The summed E-state index contributed by atoms with van der Waals surface area (Å²) in [5.41, 5.74) is 2.25. The summed E-state index contributed by atoms with van der Waals surface area (Å²) < 4.78 is 25.8. The van der Waals surface area contributed by atoms with Gasteiger partial charge in [0.15, 0.2) is 0 Å². The number of amides is 1.